The zero-order valence-electron chi connectivity index (χ0n) is 32.0. The van der Waals surface area contributed by atoms with Gasteiger partial charge in [-0.05, 0) is 84.9 Å². The number of anilines is 3. The number of nitrogens with zero attached hydrogens (tertiary/aromatic N) is 2. The minimum atomic E-state index is -2.56. The minimum Gasteiger partial charge on any atom is -0.497 e. The molecule has 0 radical (unpaired) electrons. The van der Waals surface area contributed by atoms with E-state index in [-0.39, 0.29) is 54.3 Å². The van der Waals surface area contributed by atoms with E-state index in [0.29, 0.717) is 35.6 Å². The summed E-state index contributed by atoms with van der Waals surface area (Å²) in [5.74, 6) is -0.0160. The fraction of sp³-hybridized carbons (Fsp3) is 0.386. The summed E-state index contributed by atoms with van der Waals surface area (Å²) in [6.07, 6.45) is 1.72. The molecule has 10 nitrogen and oxygen atoms in total. The van der Waals surface area contributed by atoms with Gasteiger partial charge in [-0.1, -0.05) is 79.8 Å². The number of methoxy groups -OCH3 is 1. The largest absolute Gasteiger partial charge is 0.497 e. The van der Waals surface area contributed by atoms with Crippen molar-refractivity contribution in [1.82, 2.24) is 10.2 Å². The van der Waals surface area contributed by atoms with Crippen molar-refractivity contribution in [3.05, 3.63) is 114 Å². The quantitative estimate of drug-likeness (QED) is 0.190. The van der Waals surface area contributed by atoms with Gasteiger partial charge in [0.25, 0.3) is 5.91 Å². The molecule has 8 rings (SSSR count). The number of benzene rings is 4. The molecule has 0 aromatic heterocycles. The monoisotopic (exact) mass is 758 g/mol. The first-order chi connectivity index (χ1) is 26.6. The van der Waals surface area contributed by atoms with Crippen LogP contribution in [0.2, 0.25) is 18.6 Å². The van der Waals surface area contributed by atoms with Crippen LogP contribution in [0.15, 0.2) is 97.1 Å². The van der Waals surface area contributed by atoms with Crippen molar-refractivity contribution in [2.75, 3.05) is 30.5 Å². The molecule has 0 bridgehead atoms. The number of carbonyl (C=O) groups is 3. The van der Waals surface area contributed by atoms with Crippen molar-refractivity contribution in [3.8, 4) is 5.75 Å². The van der Waals surface area contributed by atoms with Crippen LogP contribution in [0.4, 0.5) is 17.1 Å². The molecular formula is C44H50N4O6Si. The summed E-state index contributed by atoms with van der Waals surface area (Å²) in [4.78, 5) is 46.9. The molecule has 4 aromatic carbocycles. The van der Waals surface area contributed by atoms with Crippen LogP contribution >= 0.6 is 0 Å². The lowest BCUT2D eigenvalue weighted by Gasteiger charge is -2.39. The van der Waals surface area contributed by atoms with Gasteiger partial charge in [-0.3, -0.25) is 19.3 Å². The number of hydrogen-bond donors (Lipinski definition) is 3. The molecular weight excluding hydrogens is 709 g/mol. The van der Waals surface area contributed by atoms with Gasteiger partial charge in [0, 0.05) is 29.4 Å². The molecule has 2 saturated heterocycles. The highest BCUT2D eigenvalue weighted by molar-refractivity contribution is 6.91. The molecule has 4 aromatic rings. The van der Waals surface area contributed by atoms with E-state index < -0.39 is 19.8 Å². The number of para-hydroxylation sites is 1. The van der Waals surface area contributed by atoms with E-state index in [1.54, 1.807) is 16.9 Å². The van der Waals surface area contributed by atoms with Gasteiger partial charge in [-0.2, -0.15) is 0 Å². The Hall–Kier alpha value is -4.81. The Kier molecular flexibility index (Phi) is 9.91. The lowest BCUT2D eigenvalue weighted by Crippen LogP contribution is -2.52. The van der Waals surface area contributed by atoms with E-state index in [0.717, 1.165) is 36.3 Å². The second-order valence-corrected chi connectivity index (χ2v) is 20.7. The van der Waals surface area contributed by atoms with Gasteiger partial charge in [0.2, 0.25) is 11.8 Å². The highest BCUT2D eigenvalue weighted by atomic mass is 28.3. The van der Waals surface area contributed by atoms with Crippen molar-refractivity contribution in [2.24, 2.45) is 5.92 Å². The van der Waals surface area contributed by atoms with E-state index in [1.807, 2.05) is 78.9 Å². The first-order valence-electron chi connectivity index (χ1n) is 19.4. The van der Waals surface area contributed by atoms with Gasteiger partial charge in [-0.15, -0.1) is 0 Å². The Morgan fingerprint density at radius 1 is 1.00 bits per heavy atom. The van der Waals surface area contributed by atoms with Crippen LogP contribution in [0.5, 0.6) is 5.75 Å². The lowest BCUT2D eigenvalue weighted by atomic mass is 9.82. The number of aliphatic hydroxyl groups is 1. The molecule has 4 aliphatic rings. The van der Waals surface area contributed by atoms with E-state index in [1.165, 1.54) is 5.19 Å². The summed E-state index contributed by atoms with van der Waals surface area (Å²) in [6.45, 7) is 7.75. The fourth-order valence-corrected chi connectivity index (χ4v) is 13.8. The van der Waals surface area contributed by atoms with E-state index in [2.05, 4.69) is 48.9 Å². The summed E-state index contributed by atoms with van der Waals surface area (Å²) in [7, 11) is -0.910. The van der Waals surface area contributed by atoms with Gasteiger partial charge in [0.05, 0.1) is 52.1 Å². The van der Waals surface area contributed by atoms with Crippen molar-refractivity contribution < 1.29 is 29.0 Å². The van der Waals surface area contributed by atoms with E-state index in [4.69, 9.17) is 9.47 Å². The molecule has 286 valence electrons. The molecule has 4 aliphatic heterocycles. The molecule has 55 heavy (non-hydrogen) atoms. The number of nitrogens with one attached hydrogen (secondary N) is 2. The molecule has 0 aliphatic carbocycles. The van der Waals surface area contributed by atoms with E-state index >= 15 is 4.79 Å². The van der Waals surface area contributed by atoms with Gasteiger partial charge < -0.3 is 30.1 Å². The average molecular weight is 759 g/mol. The SMILES string of the molecule is COc1ccc([Si](C)(C)[C@H]2[C@H](CC(=O)N3Cc4ccccc4C[C@H]3CO)O[C@@]3(C(=O)N(c4ccccc4)c4ccc(NC(=O)[C@H]5CCCN5)cc43)[C@@H]2C)cc1. The second-order valence-electron chi connectivity index (χ2n) is 16.0. The van der Waals surface area contributed by atoms with Gasteiger partial charge >= 0.3 is 0 Å². The Morgan fingerprint density at radius 3 is 2.42 bits per heavy atom. The number of rotatable bonds is 9. The van der Waals surface area contributed by atoms with Crippen molar-refractivity contribution in [3.63, 3.8) is 0 Å². The topological polar surface area (TPSA) is 120 Å². The van der Waals surface area contributed by atoms with Crippen molar-refractivity contribution in [2.45, 2.75) is 81.6 Å². The third-order valence-corrected chi connectivity index (χ3v) is 17.0. The molecule has 1 spiro atoms. The van der Waals surface area contributed by atoms with E-state index in [9.17, 15) is 14.7 Å². The number of amides is 3. The Morgan fingerprint density at radius 2 is 1.73 bits per heavy atom. The Balaban J connectivity index is 1.23. The number of carbonyl (C=O) groups excluding carboxylic acids is 3. The molecule has 6 atom stereocenters. The normalized spacial score (nSPS) is 25.9. The van der Waals surface area contributed by atoms with Gasteiger partial charge in [-0.25, -0.2) is 0 Å². The van der Waals surface area contributed by atoms with Crippen LogP contribution < -0.4 is 25.5 Å². The predicted molar refractivity (Wildman–Crippen MR) is 215 cm³/mol. The van der Waals surface area contributed by atoms with Crippen LogP contribution in [0.25, 0.3) is 0 Å². The highest BCUT2D eigenvalue weighted by Crippen LogP contribution is 2.61. The Labute approximate surface area is 323 Å². The van der Waals surface area contributed by atoms with Gasteiger partial charge in [0.15, 0.2) is 5.60 Å². The van der Waals surface area contributed by atoms with Gasteiger partial charge in [0.1, 0.15) is 5.75 Å². The number of hydrogen-bond acceptors (Lipinski definition) is 7. The smallest absolute Gasteiger partial charge is 0.268 e. The highest BCUT2D eigenvalue weighted by Gasteiger charge is 2.67. The van der Waals surface area contributed by atoms with Crippen molar-refractivity contribution in [1.29, 1.82) is 0 Å². The molecule has 4 heterocycles. The molecule has 3 N–H and O–H groups in total. The molecule has 0 unspecified atom stereocenters. The Bertz CT molecular complexity index is 2090. The van der Waals surface area contributed by atoms with Crippen LogP contribution in [-0.4, -0.2) is 74.3 Å². The number of aliphatic hydroxyl groups excluding tert-OH is 1. The van der Waals surface area contributed by atoms with Crippen LogP contribution in [0.3, 0.4) is 0 Å². The lowest BCUT2D eigenvalue weighted by molar-refractivity contribution is -0.150. The number of fused-ring (bicyclic) bond motifs is 3. The maximum Gasteiger partial charge on any atom is 0.268 e. The molecule has 0 saturated carbocycles. The summed E-state index contributed by atoms with van der Waals surface area (Å²) < 4.78 is 12.8. The first kappa shape index (κ1) is 37.1. The first-order valence-corrected chi connectivity index (χ1v) is 22.5. The molecule has 2 fully saturated rings. The van der Waals surface area contributed by atoms with Crippen LogP contribution in [0, 0.1) is 5.92 Å². The summed E-state index contributed by atoms with van der Waals surface area (Å²) in [6, 6.07) is 30.8. The minimum absolute atomic E-state index is 0.0553. The van der Waals surface area contributed by atoms with Crippen LogP contribution in [-0.2, 0) is 37.7 Å². The average Bonchev–Trinajstić information content (AvgIpc) is 3.91. The third-order valence-electron chi connectivity index (χ3n) is 12.7. The molecule has 3 amide bonds. The second kappa shape index (κ2) is 14.7. The zero-order chi connectivity index (χ0) is 38.5. The van der Waals surface area contributed by atoms with Crippen molar-refractivity contribution >= 4 is 48.0 Å². The standard InChI is InChI=1S/C44H50N4O6Si/c1-28-41(55(3,4)35-19-17-34(53-2)18-20-35)39(25-40(50)47-26-30-12-9-8-11-29(30)23-33(47)27-49)54-44(28)36-24-31(46-42(51)37-15-10-22-45-37)16-21-38(36)48(43(44)52)32-13-6-5-7-14-32/h5-9,11-14,16-21,24,28,33,37,39,41,45,49H,10,15,22-23,25-27H2,1-4H3,(H,46,51)/t28-,33+,37-,39+,41-,44+/m1/s1. The summed E-state index contributed by atoms with van der Waals surface area (Å²) in [5, 5.41) is 18.1. The number of ether oxygens (including phenoxy) is 2. The zero-order valence-corrected chi connectivity index (χ0v) is 33.0. The fourth-order valence-electron chi connectivity index (χ4n) is 9.82. The predicted octanol–water partition coefficient (Wildman–Crippen LogP) is 5.62. The van der Waals surface area contributed by atoms with Crippen LogP contribution in [0.1, 0.15) is 42.9 Å². The summed E-state index contributed by atoms with van der Waals surface area (Å²) >= 11 is 0. The summed E-state index contributed by atoms with van der Waals surface area (Å²) in [5.41, 5.74) is 3.29. The molecule has 11 heteroatoms. The maximum absolute atomic E-state index is 15.4. The maximum atomic E-state index is 15.4. The third kappa shape index (κ3) is 6.36.